The van der Waals surface area contributed by atoms with Crippen molar-refractivity contribution in [2.75, 3.05) is 26.4 Å². The van der Waals surface area contributed by atoms with Crippen molar-refractivity contribution in [2.24, 2.45) is 0 Å². The van der Waals surface area contributed by atoms with Crippen molar-refractivity contribution in [3.05, 3.63) is 97.2 Å². The lowest BCUT2D eigenvalue weighted by Gasteiger charge is -2.48. The van der Waals surface area contributed by atoms with Crippen molar-refractivity contribution in [2.45, 2.75) is 446 Å². The second-order valence-corrected chi connectivity index (χ2v) is 31.3. The summed E-state index contributed by atoms with van der Waals surface area (Å²) in [6.07, 6.45) is 70.0. The highest BCUT2D eigenvalue weighted by atomic mass is 16.8. The number of amides is 1. The highest BCUT2D eigenvalue weighted by Gasteiger charge is 2.54. The van der Waals surface area contributed by atoms with E-state index in [1.54, 1.807) is 6.08 Å². The fraction of sp³-hybridized carbons (Fsp3) is 0.813. The van der Waals surface area contributed by atoms with Gasteiger partial charge in [-0.2, -0.15) is 0 Å². The summed E-state index contributed by atoms with van der Waals surface area (Å²) in [4.78, 5) is 13.5. The summed E-state index contributed by atoms with van der Waals surface area (Å²) in [5.74, 6) is -0.285. The minimum atomic E-state index is -1.99. The molecule has 1 amide bonds. The van der Waals surface area contributed by atoms with Crippen LogP contribution >= 0.6 is 0 Å². The van der Waals surface area contributed by atoms with E-state index in [4.69, 9.17) is 28.4 Å². The monoisotopic (exact) mass is 1560 g/mol. The van der Waals surface area contributed by atoms with Crippen LogP contribution in [0.2, 0.25) is 0 Å². The highest BCUT2D eigenvalue weighted by molar-refractivity contribution is 5.76. The molecule has 0 spiro atoms. The molecule has 17 unspecified atom stereocenters. The summed E-state index contributed by atoms with van der Waals surface area (Å²) in [5, 5.41) is 121. The first-order valence-corrected chi connectivity index (χ1v) is 44.5. The molecule has 0 aromatic heterocycles. The van der Waals surface area contributed by atoms with Crippen molar-refractivity contribution in [1.82, 2.24) is 5.32 Å². The first-order valence-electron chi connectivity index (χ1n) is 44.5. The Kier molecular flexibility index (Phi) is 64.2. The van der Waals surface area contributed by atoms with E-state index >= 15 is 0 Å². The molecule has 3 rings (SSSR count). The van der Waals surface area contributed by atoms with Crippen LogP contribution < -0.4 is 5.32 Å². The second-order valence-electron chi connectivity index (χ2n) is 31.3. The van der Waals surface area contributed by atoms with Crippen LogP contribution in [0.15, 0.2) is 97.2 Å². The molecule has 3 heterocycles. The molecule has 19 heteroatoms. The molecule has 17 atom stereocenters. The van der Waals surface area contributed by atoms with Crippen molar-refractivity contribution < 1.29 is 89.4 Å². The molecule has 0 aromatic rings. The lowest BCUT2D eigenvalue weighted by molar-refractivity contribution is -0.379. The summed E-state index contributed by atoms with van der Waals surface area (Å²) in [6, 6.07) is -1.00. The molecule has 0 radical (unpaired) electrons. The smallest absolute Gasteiger partial charge is 0.220 e. The van der Waals surface area contributed by atoms with Gasteiger partial charge in [-0.25, -0.2) is 0 Å². The lowest BCUT2D eigenvalue weighted by Crippen LogP contribution is -2.66. The molecule has 0 aliphatic carbocycles. The average molecular weight is 1560 g/mol. The lowest BCUT2D eigenvalue weighted by atomic mass is 9.96. The standard InChI is InChI=1S/C91H161NO18/c1-3-5-7-9-11-13-15-17-19-21-23-25-27-29-30-31-32-33-34-35-36-37-38-39-40-41-42-43-44-45-47-49-51-53-55-57-59-61-63-65-67-69-79(97)92-74(75(96)68-66-64-62-60-58-56-54-52-50-48-46-28-26-24-22-20-18-16-14-12-10-8-6-4-2)73-105-89-85(103)82(100)87(77(71-94)107-89)110-91-86(104)83(101)88(78(72-95)108-91)109-90-84(102)81(99)80(98)76(70-93)106-90/h5,7,11,13,17,19,23,25,29-30,50,52,58,60,66,68,74-78,80-91,93-96,98-104H,3-4,6,8-10,12,14-16,18,20-22,24,26-28,31-49,51,53-57,59,61-65,67,69-73H2,1-2H3,(H,92,97)/b7-5-,13-11-,19-17-,25-23-,30-29-,52-50+,60-58+,68-66+. The zero-order valence-corrected chi connectivity index (χ0v) is 68.7. The Bertz CT molecular complexity index is 2360. The van der Waals surface area contributed by atoms with Crippen molar-refractivity contribution in [3.63, 3.8) is 0 Å². The third-order valence-electron chi connectivity index (χ3n) is 21.6. The quantitative estimate of drug-likeness (QED) is 0.0199. The van der Waals surface area contributed by atoms with Gasteiger partial charge in [-0.3, -0.25) is 4.79 Å². The Balaban J connectivity index is 1.31. The van der Waals surface area contributed by atoms with Crippen LogP contribution in [0.5, 0.6) is 0 Å². The topological polar surface area (TPSA) is 307 Å². The van der Waals surface area contributed by atoms with Gasteiger partial charge in [-0.15, -0.1) is 0 Å². The third kappa shape index (κ3) is 48.3. The fourth-order valence-electron chi connectivity index (χ4n) is 14.5. The molecule has 0 bridgehead atoms. The van der Waals surface area contributed by atoms with Gasteiger partial charge < -0.3 is 89.9 Å². The SMILES string of the molecule is CC/C=C\C/C=C\C/C=C\C/C=C\C/C=C\CCCCCCCCCCCCCCCCCCCCCCCCCCCC(=O)NC(COC1OC(CO)C(OC2OC(CO)C(OC3OC(CO)C(O)C(O)C3O)C(O)C2O)C(O)C1O)C(O)/C=C/CC/C=C/CC/C=C/CCCCCCCCCCCCCCCC. The molecule has 12 N–H and O–H groups in total. The van der Waals surface area contributed by atoms with Crippen LogP contribution in [0, 0.1) is 0 Å². The van der Waals surface area contributed by atoms with Crippen LogP contribution in [-0.2, 0) is 33.2 Å². The molecular formula is C91H161NO18. The molecule has 0 saturated carbocycles. The number of rotatable bonds is 71. The normalized spacial score (nSPS) is 25.6. The predicted octanol–water partition coefficient (Wildman–Crippen LogP) is 16.7. The Labute approximate surface area is 666 Å². The average Bonchev–Trinajstić information content (AvgIpc) is 0.782. The van der Waals surface area contributed by atoms with Gasteiger partial charge >= 0.3 is 0 Å². The van der Waals surface area contributed by atoms with Crippen LogP contribution in [-0.4, -0.2) is 193 Å². The first-order chi connectivity index (χ1) is 53.8. The number of unbranched alkanes of at least 4 members (excludes halogenated alkanes) is 41. The van der Waals surface area contributed by atoms with E-state index in [2.05, 4.69) is 104 Å². The van der Waals surface area contributed by atoms with E-state index in [9.17, 15) is 61.0 Å². The van der Waals surface area contributed by atoms with Gasteiger partial charge in [0, 0.05) is 6.42 Å². The maximum atomic E-state index is 13.5. The minimum Gasteiger partial charge on any atom is -0.394 e. The predicted molar refractivity (Wildman–Crippen MR) is 443 cm³/mol. The van der Waals surface area contributed by atoms with Crippen molar-refractivity contribution in [1.29, 1.82) is 0 Å². The Morgan fingerprint density at radius 3 is 1.02 bits per heavy atom. The van der Waals surface area contributed by atoms with E-state index in [1.165, 1.54) is 231 Å². The molecule has 3 aliphatic rings. The number of carbonyl (C=O) groups is 1. The highest BCUT2D eigenvalue weighted by Crippen LogP contribution is 2.33. The van der Waals surface area contributed by atoms with Crippen LogP contribution in [0.3, 0.4) is 0 Å². The summed E-state index contributed by atoms with van der Waals surface area (Å²) in [5.41, 5.74) is 0. The second kappa shape index (κ2) is 70.0. The van der Waals surface area contributed by atoms with Gasteiger partial charge in [0.05, 0.1) is 38.6 Å². The molecule has 3 fully saturated rings. The van der Waals surface area contributed by atoms with Gasteiger partial charge in [0.25, 0.3) is 0 Å². The molecule has 3 saturated heterocycles. The van der Waals surface area contributed by atoms with Crippen LogP contribution in [0.4, 0.5) is 0 Å². The molecule has 110 heavy (non-hydrogen) atoms. The molecule has 0 aromatic carbocycles. The maximum Gasteiger partial charge on any atom is 0.220 e. The molecule has 19 nitrogen and oxygen atoms in total. The minimum absolute atomic E-state index is 0.232. The zero-order valence-electron chi connectivity index (χ0n) is 68.7. The van der Waals surface area contributed by atoms with Crippen molar-refractivity contribution in [3.8, 4) is 0 Å². The molecule has 3 aliphatic heterocycles. The summed E-state index contributed by atoms with van der Waals surface area (Å²) < 4.78 is 34.5. The largest absolute Gasteiger partial charge is 0.394 e. The van der Waals surface area contributed by atoms with Crippen LogP contribution in [0.25, 0.3) is 0 Å². The molecular weight excluding hydrogens is 1390 g/mol. The van der Waals surface area contributed by atoms with Crippen molar-refractivity contribution >= 4 is 5.91 Å². The Hall–Kier alpha value is -3.29. The fourth-order valence-corrected chi connectivity index (χ4v) is 14.5. The van der Waals surface area contributed by atoms with Gasteiger partial charge in [0.2, 0.25) is 5.91 Å². The summed E-state index contributed by atoms with van der Waals surface area (Å²) >= 11 is 0. The van der Waals surface area contributed by atoms with Gasteiger partial charge in [0.15, 0.2) is 18.9 Å². The Morgan fingerprint density at radius 2 is 0.636 bits per heavy atom. The van der Waals surface area contributed by atoms with E-state index in [0.29, 0.717) is 12.8 Å². The van der Waals surface area contributed by atoms with E-state index in [0.717, 1.165) is 77.0 Å². The number of hydrogen-bond donors (Lipinski definition) is 12. The Morgan fingerprint density at radius 1 is 0.336 bits per heavy atom. The van der Waals surface area contributed by atoms with Gasteiger partial charge in [-0.1, -0.05) is 342 Å². The van der Waals surface area contributed by atoms with E-state index in [-0.39, 0.29) is 18.9 Å². The summed E-state index contributed by atoms with van der Waals surface area (Å²) in [7, 11) is 0. The zero-order chi connectivity index (χ0) is 79.5. The van der Waals surface area contributed by atoms with E-state index in [1.807, 2.05) is 6.08 Å². The number of allylic oxidation sites excluding steroid dienone is 15. The first kappa shape index (κ1) is 101. The maximum absolute atomic E-state index is 13.5. The number of hydrogen-bond acceptors (Lipinski definition) is 18. The van der Waals surface area contributed by atoms with E-state index < -0.39 is 124 Å². The third-order valence-corrected chi connectivity index (χ3v) is 21.6. The number of aliphatic hydroxyl groups excluding tert-OH is 11. The molecule has 638 valence electrons. The van der Waals surface area contributed by atoms with Gasteiger partial charge in [0.1, 0.15) is 73.2 Å². The number of nitrogens with one attached hydrogen (secondary N) is 1. The summed E-state index contributed by atoms with van der Waals surface area (Å²) in [6.45, 7) is 1.63. The van der Waals surface area contributed by atoms with Gasteiger partial charge in [-0.05, 0) is 89.9 Å². The number of ether oxygens (including phenoxy) is 6. The number of aliphatic hydroxyl groups is 11. The van der Waals surface area contributed by atoms with Crippen LogP contribution in [0.1, 0.15) is 341 Å². The number of carbonyl (C=O) groups excluding carboxylic acids is 1.